The maximum Gasteiger partial charge on any atom is 0.389 e. The van der Waals surface area contributed by atoms with Crippen LogP contribution in [0.5, 0.6) is 0 Å². The number of halogens is 4. The van der Waals surface area contributed by atoms with Crippen LogP contribution in [-0.2, 0) is 6.54 Å². The first kappa shape index (κ1) is 14.1. The fraction of sp³-hybridized carbons (Fsp3) is 0.500. The molecule has 2 aromatic heterocycles. The lowest BCUT2D eigenvalue weighted by molar-refractivity contribution is -0.135. The normalized spacial score (nSPS) is 13.9. The average molecular weight is 292 g/mol. The van der Waals surface area contributed by atoms with Gasteiger partial charge in [-0.05, 0) is 25.5 Å². The summed E-state index contributed by atoms with van der Waals surface area (Å²) in [5.41, 5.74) is 1.23. The summed E-state index contributed by atoms with van der Waals surface area (Å²) in [6, 6.07) is 3.50. The SMILES string of the molecule is CC(Cl)c1nc2cccnc2n1CCCC(F)(F)F. The quantitative estimate of drug-likeness (QED) is 0.795. The van der Waals surface area contributed by atoms with E-state index < -0.39 is 12.6 Å². The number of rotatable bonds is 4. The Balaban J connectivity index is 2.27. The van der Waals surface area contributed by atoms with Crippen LogP contribution >= 0.6 is 11.6 Å². The first-order chi connectivity index (χ1) is 8.88. The molecule has 19 heavy (non-hydrogen) atoms. The zero-order chi connectivity index (χ0) is 14.0. The van der Waals surface area contributed by atoms with Crippen LogP contribution in [0.2, 0.25) is 0 Å². The third kappa shape index (κ3) is 3.37. The summed E-state index contributed by atoms with van der Waals surface area (Å²) in [6.07, 6.45) is -3.39. The Morgan fingerprint density at radius 1 is 1.42 bits per heavy atom. The van der Waals surface area contributed by atoms with Gasteiger partial charge in [0.2, 0.25) is 0 Å². The number of hydrogen-bond acceptors (Lipinski definition) is 2. The summed E-state index contributed by atoms with van der Waals surface area (Å²) < 4.78 is 38.2. The van der Waals surface area contributed by atoms with Crippen LogP contribution < -0.4 is 0 Å². The van der Waals surface area contributed by atoms with E-state index in [0.29, 0.717) is 17.0 Å². The van der Waals surface area contributed by atoms with E-state index in [-0.39, 0.29) is 18.3 Å². The predicted molar refractivity (Wildman–Crippen MR) is 67.1 cm³/mol. The summed E-state index contributed by atoms with van der Waals surface area (Å²) in [4.78, 5) is 8.47. The van der Waals surface area contributed by atoms with Crippen LogP contribution in [0.25, 0.3) is 11.2 Å². The molecule has 7 heteroatoms. The Labute approximate surface area is 113 Å². The van der Waals surface area contributed by atoms with Crippen molar-refractivity contribution in [3.8, 4) is 0 Å². The average Bonchev–Trinajstić information content (AvgIpc) is 2.67. The van der Waals surface area contributed by atoms with Crippen molar-refractivity contribution in [1.82, 2.24) is 14.5 Å². The van der Waals surface area contributed by atoms with E-state index in [9.17, 15) is 13.2 Å². The minimum Gasteiger partial charge on any atom is -0.311 e. The zero-order valence-electron chi connectivity index (χ0n) is 10.3. The van der Waals surface area contributed by atoms with Crippen LogP contribution in [0.1, 0.15) is 31.0 Å². The largest absolute Gasteiger partial charge is 0.389 e. The molecule has 1 unspecified atom stereocenters. The van der Waals surface area contributed by atoms with Gasteiger partial charge in [0.15, 0.2) is 5.65 Å². The second-order valence-electron chi connectivity index (χ2n) is 4.30. The minimum atomic E-state index is -4.14. The molecule has 0 aromatic carbocycles. The molecule has 0 radical (unpaired) electrons. The van der Waals surface area contributed by atoms with Gasteiger partial charge in [0, 0.05) is 19.2 Å². The highest BCUT2D eigenvalue weighted by Crippen LogP contribution is 2.26. The Bertz CT molecular complexity index is 563. The molecule has 0 aliphatic heterocycles. The van der Waals surface area contributed by atoms with E-state index in [0.717, 1.165) is 0 Å². The van der Waals surface area contributed by atoms with Gasteiger partial charge in [-0.1, -0.05) is 0 Å². The number of hydrogen-bond donors (Lipinski definition) is 0. The lowest BCUT2D eigenvalue weighted by Gasteiger charge is -2.11. The van der Waals surface area contributed by atoms with Gasteiger partial charge in [-0.25, -0.2) is 9.97 Å². The Kier molecular flexibility index (Phi) is 3.99. The second-order valence-corrected chi connectivity index (χ2v) is 4.96. The zero-order valence-corrected chi connectivity index (χ0v) is 11.0. The molecular formula is C12H13ClF3N3. The molecule has 2 heterocycles. The molecule has 0 fully saturated rings. The van der Waals surface area contributed by atoms with Crippen LogP contribution in [0.15, 0.2) is 18.3 Å². The number of fused-ring (bicyclic) bond motifs is 1. The monoisotopic (exact) mass is 291 g/mol. The van der Waals surface area contributed by atoms with E-state index in [2.05, 4.69) is 9.97 Å². The fourth-order valence-electron chi connectivity index (χ4n) is 1.94. The number of aromatic nitrogens is 3. The Morgan fingerprint density at radius 2 is 2.16 bits per heavy atom. The smallest absolute Gasteiger partial charge is 0.311 e. The second kappa shape index (κ2) is 5.36. The number of pyridine rings is 1. The molecule has 2 aromatic rings. The Hall–Kier alpha value is -1.30. The molecule has 104 valence electrons. The number of alkyl halides is 4. The van der Waals surface area contributed by atoms with Gasteiger partial charge in [-0.2, -0.15) is 13.2 Å². The van der Waals surface area contributed by atoms with Crippen molar-refractivity contribution in [3.05, 3.63) is 24.2 Å². The lowest BCUT2D eigenvalue weighted by Crippen LogP contribution is -2.11. The van der Waals surface area contributed by atoms with Crippen molar-refractivity contribution in [2.75, 3.05) is 0 Å². The molecule has 0 N–H and O–H groups in total. The molecule has 0 aliphatic rings. The van der Waals surface area contributed by atoms with Gasteiger partial charge >= 0.3 is 6.18 Å². The van der Waals surface area contributed by atoms with Crippen molar-refractivity contribution in [2.24, 2.45) is 0 Å². The summed E-state index contributed by atoms with van der Waals surface area (Å²) in [7, 11) is 0. The van der Waals surface area contributed by atoms with E-state index in [4.69, 9.17) is 11.6 Å². The topological polar surface area (TPSA) is 30.7 Å². The molecular weight excluding hydrogens is 279 g/mol. The summed E-state index contributed by atoms with van der Waals surface area (Å²) in [5.74, 6) is 0.553. The van der Waals surface area contributed by atoms with Crippen molar-refractivity contribution in [1.29, 1.82) is 0 Å². The standard InChI is InChI=1S/C12H13ClF3N3/c1-8(13)10-18-9-4-2-6-17-11(9)19(10)7-3-5-12(14,15)16/h2,4,6,8H,3,5,7H2,1H3. The van der Waals surface area contributed by atoms with Gasteiger partial charge in [-0.15, -0.1) is 11.6 Å². The van der Waals surface area contributed by atoms with E-state index in [1.807, 2.05) is 0 Å². The molecule has 0 amide bonds. The van der Waals surface area contributed by atoms with Gasteiger partial charge in [-0.3, -0.25) is 0 Å². The molecule has 2 rings (SSSR count). The van der Waals surface area contributed by atoms with Gasteiger partial charge in [0.1, 0.15) is 11.3 Å². The molecule has 0 saturated carbocycles. The van der Waals surface area contributed by atoms with Gasteiger partial charge in [0.25, 0.3) is 0 Å². The van der Waals surface area contributed by atoms with Crippen molar-refractivity contribution in [3.63, 3.8) is 0 Å². The van der Waals surface area contributed by atoms with Crippen LogP contribution in [0, 0.1) is 0 Å². The molecule has 0 aliphatic carbocycles. The number of aryl methyl sites for hydroxylation is 1. The van der Waals surface area contributed by atoms with Crippen LogP contribution in [0.3, 0.4) is 0 Å². The maximum atomic E-state index is 12.2. The summed E-state index contributed by atoms with van der Waals surface area (Å²) in [6.45, 7) is 1.95. The summed E-state index contributed by atoms with van der Waals surface area (Å²) >= 11 is 6.02. The van der Waals surface area contributed by atoms with Gasteiger partial charge in [0.05, 0.1) is 5.38 Å². The first-order valence-corrected chi connectivity index (χ1v) is 6.34. The highest BCUT2D eigenvalue weighted by Gasteiger charge is 2.26. The third-order valence-corrected chi connectivity index (χ3v) is 2.93. The molecule has 0 bridgehead atoms. The minimum absolute atomic E-state index is 0.0118. The van der Waals surface area contributed by atoms with Gasteiger partial charge < -0.3 is 4.57 Å². The van der Waals surface area contributed by atoms with Crippen LogP contribution in [-0.4, -0.2) is 20.7 Å². The predicted octanol–water partition coefficient (Wildman–Crippen LogP) is 4.07. The van der Waals surface area contributed by atoms with Crippen molar-refractivity contribution >= 4 is 22.8 Å². The van der Waals surface area contributed by atoms with Crippen molar-refractivity contribution in [2.45, 2.75) is 37.9 Å². The van der Waals surface area contributed by atoms with E-state index >= 15 is 0 Å². The lowest BCUT2D eigenvalue weighted by atomic mass is 10.3. The van der Waals surface area contributed by atoms with Crippen LogP contribution in [0.4, 0.5) is 13.2 Å². The Morgan fingerprint density at radius 3 is 2.79 bits per heavy atom. The number of imidazole rings is 1. The molecule has 3 nitrogen and oxygen atoms in total. The molecule has 0 saturated heterocycles. The maximum absolute atomic E-state index is 12.2. The third-order valence-electron chi connectivity index (χ3n) is 2.73. The highest BCUT2D eigenvalue weighted by atomic mass is 35.5. The fourth-order valence-corrected chi connectivity index (χ4v) is 2.10. The molecule has 1 atom stereocenters. The highest BCUT2D eigenvalue weighted by molar-refractivity contribution is 6.20. The summed E-state index contributed by atoms with van der Waals surface area (Å²) in [5, 5.41) is -0.375. The molecule has 0 spiro atoms. The first-order valence-electron chi connectivity index (χ1n) is 5.90. The number of nitrogens with zero attached hydrogens (tertiary/aromatic N) is 3. The van der Waals surface area contributed by atoms with E-state index in [1.165, 1.54) is 0 Å². The van der Waals surface area contributed by atoms with Crippen molar-refractivity contribution < 1.29 is 13.2 Å². The van der Waals surface area contributed by atoms with E-state index in [1.54, 1.807) is 29.8 Å².